The fourth-order valence-corrected chi connectivity index (χ4v) is 3.01. The Morgan fingerprint density at radius 2 is 1.77 bits per heavy atom. The Kier molecular flexibility index (Phi) is 5.98. The van der Waals surface area contributed by atoms with Gasteiger partial charge < -0.3 is 15.6 Å². The summed E-state index contributed by atoms with van der Waals surface area (Å²) in [6.07, 6.45) is 0.971. The Morgan fingerprint density at radius 3 is 2.37 bits per heavy atom. The van der Waals surface area contributed by atoms with Crippen molar-refractivity contribution in [3.63, 3.8) is 0 Å². The number of hydrogen-bond acceptors (Lipinski definition) is 3. The van der Waals surface area contributed by atoms with Gasteiger partial charge in [-0.2, -0.15) is 4.73 Å². The highest BCUT2D eigenvalue weighted by molar-refractivity contribution is 6.31. The Balaban J connectivity index is 1.83. The molecule has 0 aliphatic carbocycles. The van der Waals surface area contributed by atoms with Crippen molar-refractivity contribution in [1.82, 2.24) is 0 Å². The van der Waals surface area contributed by atoms with Gasteiger partial charge in [0.2, 0.25) is 11.6 Å². The van der Waals surface area contributed by atoms with Crippen LogP contribution >= 0.6 is 11.6 Å². The number of aromatic carboxylic acids is 1. The summed E-state index contributed by atoms with van der Waals surface area (Å²) in [5.41, 5.74) is 0.0159. The SMILES string of the molecule is CC(C(=O)Nc1ccc(C(=O)O)cc1)c1ccc(-c2c(F)ccc(Cl)c2F)c[n+]1[O-]. The third kappa shape index (κ3) is 4.23. The topological polar surface area (TPSA) is 93.3 Å². The van der Waals surface area contributed by atoms with Crippen molar-refractivity contribution < 1.29 is 28.2 Å². The van der Waals surface area contributed by atoms with Crippen LogP contribution in [0.5, 0.6) is 0 Å². The molecule has 0 spiro atoms. The molecule has 154 valence electrons. The van der Waals surface area contributed by atoms with Crippen molar-refractivity contribution in [1.29, 1.82) is 0 Å². The zero-order valence-electron chi connectivity index (χ0n) is 15.5. The monoisotopic (exact) mass is 432 g/mol. The van der Waals surface area contributed by atoms with E-state index in [9.17, 15) is 23.6 Å². The number of amides is 1. The molecule has 3 rings (SSSR count). The van der Waals surface area contributed by atoms with E-state index in [0.29, 0.717) is 10.4 Å². The third-order valence-electron chi connectivity index (χ3n) is 4.51. The molecule has 2 aromatic carbocycles. The van der Waals surface area contributed by atoms with Gasteiger partial charge in [0.05, 0.1) is 21.7 Å². The highest BCUT2D eigenvalue weighted by Crippen LogP contribution is 2.30. The number of pyridine rings is 1. The molecule has 2 N–H and O–H groups in total. The normalized spacial score (nSPS) is 11.7. The van der Waals surface area contributed by atoms with Crippen molar-refractivity contribution in [3.05, 3.63) is 87.8 Å². The highest BCUT2D eigenvalue weighted by atomic mass is 35.5. The molecule has 1 aromatic heterocycles. The number of nitrogens with zero attached hydrogens (tertiary/aromatic N) is 1. The van der Waals surface area contributed by atoms with Gasteiger partial charge in [0.1, 0.15) is 11.7 Å². The van der Waals surface area contributed by atoms with Crippen LogP contribution in [0, 0.1) is 16.8 Å². The molecule has 9 heteroatoms. The largest absolute Gasteiger partial charge is 0.618 e. The third-order valence-corrected chi connectivity index (χ3v) is 4.81. The molecule has 0 saturated carbocycles. The number of nitrogens with one attached hydrogen (secondary N) is 1. The lowest BCUT2D eigenvalue weighted by molar-refractivity contribution is -0.614. The van der Waals surface area contributed by atoms with E-state index in [1.54, 1.807) is 0 Å². The number of rotatable bonds is 5. The molecule has 1 unspecified atom stereocenters. The van der Waals surface area contributed by atoms with Gasteiger partial charge in [0, 0.05) is 11.8 Å². The van der Waals surface area contributed by atoms with Gasteiger partial charge in [-0.05, 0) is 49.4 Å². The van der Waals surface area contributed by atoms with Crippen LogP contribution in [-0.2, 0) is 4.79 Å². The first-order valence-corrected chi connectivity index (χ1v) is 9.08. The fourth-order valence-electron chi connectivity index (χ4n) is 2.85. The standard InChI is InChI=1S/C21H15ClF2N2O4/c1-11(20(27)25-14-5-2-12(3-6-14)21(28)29)17-9-4-13(10-26(17)30)18-16(23)8-7-15(22)19(18)24/h2-11H,1H3,(H,25,27)(H,28,29). The van der Waals surface area contributed by atoms with E-state index in [1.165, 1.54) is 43.3 Å². The lowest BCUT2D eigenvalue weighted by atomic mass is 10.0. The second-order valence-electron chi connectivity index (χ2n) is 6.48. The first-order chi connectivity index (χ1) is 14.2. The molecule has 1 atom stereocenters. The smallest absolute Gasteiger partial charge is 0.335 e. The number of carbonyl (C=O) groups excluding carboxylic acids is 1. The average molecular weight is 433 g/mol. The van der Waals surface area contributed by atoms with E-state index < -0.39 is 35.0 Å². The number of halogens is 3. The highest BCUT2D eigenvalue weighted by Gasteiger charge is 2.25. The van der Waals surface area contributed by atoms with Crippen LogP contribution < -0.4 is 10.0 Å². The lowest BCUT2D eigenvalue weighted by Gasteiger charge is -2.14. The van der Waals surface area contributed by atoms with Crippen LogP contribution in [-0.4, -0.2) is 17.0 Å². The molecule has 0 radical (unpaired) electrons. The summed E-state index contributed by atoms with van der Waals surface area (Å²) in [4.78, 5) is 23.4. The number of aromatic nitrogens is 1. The van der Waals surface area contributed by atoms with Gasteiger partial charge in [-0.25, -0.2) is 13.6 Å². The molecule has 6 nitrogen and oxygen atoms in total. The van der Waals surface area contributed by atoms with E-state index in [-0.39, 0.29) is 21.8 Å². The number of benzene rings is 2. The predicted molar refractivity (Wildman–Crippen MR) is 106 cm³/mol. The number of carboxylic acids is 1. The Hall–Kier alpha value is -3.52. The van der Waals surface area contributed by atoms with Crippen LogP contribution in [0.1, 0.15) is 28.9 Å². The second kappa shape index (κ2) is 8.46. The number of carboxylic acid groups (broad SMARTS) is 1. The molecule has 0 saturated heterocycles. The fraction of sp³-hybridized carbons (Fsp3) is 0.0952. The summed E-state index contributed by atoms with van der Waals surface area (Å²) in [5, 5.41) is 23.6. The maximum Gasteiger partial charge on any atom is 0.335 e. The summed E-state index contributed by atoms with van der Waals surface area (Å²) in [5.74, 6) is -4.37. The Morgan fingerprint density at radius 1 is 1.10 bits per heavy atom. The van der Waals surface area contributed by atoms with Crippen molar-refractivity contribution >= 4 is 29.2 Å². The summed E-state index contributed by atoms with van der Waals surface area (Å²) in [7, 11) is 0. The van der Waals surface area contributed by atoms with Gasteiger partial charge in [-0.1, -0.05) is 11.6 Å². The van der Waals surface area contributed by atoms with Gasteiger partial charge >= 0.3 is 5.97 Å². The average Bonchev–Trinajstić information content (AvgIpc) is 2.71. The van der Waals surface area contributed by atoms with Crippen LogP contribution in [0.3, 0.4) is 0 Å². The molecule has 0 fully saturated rings. The van der Waals surface area contributed by atoms with E-state index in [1.807, 2.05) is 0 Å². The Labute approximate surface area is 174 Å². The summed E-state index contributed by atoms with van der Waals surface area (Å²) >= 11 is 5.69. The van der Waals surface area contributed by atoms with Crippen LogP contribution in [0.2, 0.25) is 5.02 Å². The predicted octanol–water partition coefficient (Wildman–Crippen LogP) is 4.36. The minimum Gasteiger partial charge on any atom is -0.618 e. The van der Waals surface area contributed by atoms with E-state index in [2.05, 4.69) is 5.32 Å². The zero-order chi connectivity index (χ0) is 22.0. The van der Waals surface area contributed by atoms with E-state index in [4.69, 9.17) is 16.7 Å². The zero-order valence-corrected chi connectivity index (χ0v) is 16.3. The van der Waals surface area contributed by atoms with Crippen molar-refractivity contribution in [2.24, 2.45) is 0 Å². The molecule has 0 aliphatic heterocycles. The molecule has 1 amide bonds. The molecule has 30 heavy (non-hydrogen) atoms. The van der Waals surface area contributed by atoms with Crippen molar-refractivity contribution in [2.45, 2.75) is 12.8 Å². The van der Waals surface area contributed by atoms with Gasteiger partial charge in [-0.3, -0.25) is 4.79 Å². The molecular formula is C21H15ClF2N2O4. The van der Waals surface area contributed by atoms with E-state index >= 15 is 0 Å². The number of hydrogen-bond donors (Lipinski definition) is 2. The molecule has 1 heterocycles. The maximum absolute atomic E-state index is 14.2. The first-order valence-electron chi connectivity index (χ1n) is 8.70. The molecule has 0 aliphatic rings. The first kappa shape index (κ1) is 21.2. The van der Waals surface area contributed by atoms with Crippen LogP contribution in [0.25, 0.3) is 11.1 Å². The molecule has 0 bridgehead atoms. The summed E-state index contributed by atoms with van der Waals surface area (Å²) in [6, 6.07) is 10.2. The van der Waals surface area contributed by atoms with Crippen molar-refractivity contribution in [2.75, 3.05) is 5.32 Å². The van der Waals surface area contributed by atoms with Crippen molar-refractivity contribution in [3.8, 4) is 11.1 Å². The second-order valence-corrected chi connectivity index (χ2v) is 6.89. The van der Waals surface area contributed by atoms with E-state index in [0.717, 1.165) is 18.3 Å². The van der Waals surface area contributed by atoms with Crippen LogP contribution in [0.4, 0.5) is 14.5 Å². The number of anilines is 1. The van der Waals surface area contributed by atoms with Gasteiger partial charge in [0.25, 0.3) is 0 Å². The lowest BCUT2D eigenvalue weighted by Crippen LogP contribution is -2.36. The number of carbonyl (C=O) groups is 2. The van der Waals surface area contributed by atoms with Gasteiger partial charge in [0.15, 0.2) is 12.0 Å². The molecular weight excluding hydrogens is 418 g/mol. The summed E-state index contributed by atoms with van der Waals surface area (Å²) in [6.45, 7) is 1.49. The quantitative estimate of drug-likeness (QED) is 0.356. The van der Waals surface area contributed by atoms with Crippen LogP contribution in [0.15, 0.2) is 54.7 Å². The Bertz CT molecular complexity index is 1140. The molecule has 3 aromatic rings. The maximum atomic E-state index is 14.2. The van der Waals surface area contributed by atoms with Gasteiger partial charge in [-0.15, -0.1) is 0 Å². The summed E-state index contributed by atoms with van der Waals surface area (Å²) < 4.78 is 28.6. The minimum absolute atomic E-state index is 0.0249. The minimum atomic E-state index is -1.10.